The van der Waals surface area contributed by atoms with E-state index >= 15 is 0 Å². The second-order valence-electron chi connectivity index (χ2n) is 8.35. The van der Waals surface area contributed by atoms with Gasteiger partial charge in [0.1, 0.15) is 5.75 Å². The van der Waals surface area contributed by atoms with E-state index in [1.807, 2.05) is 11.6 Å². The van der Waals surface area contributed by atoms with Crippen molar-refractivity contribution in [3.8, 4) is 17.2 Å². The van der Waals surface area contributed by atoms with Gasteiger partial charge < -0.3 is 19.3 Å². The summed E-state index contributed by atoms with van der Waals surface area (Å²) in [7, 11) is -4.21. The Balaban J connectivity index is 1.65. The van der Waals surface area contributed by atoms with Crippen molar-refractivity contribution in [3.05, 3.63) is 93.3 Å². The SMILES string of the molecule is CCCc1cc(C(=O)O)ccc1OC(C(=O)NS(=O)(=O)/C=C/c1ccc(Cl)cc1)c1ccc2c(c1)OCO2. The van der Waals surface area contributed by atoms with Crippen LogP contribution in [-0.2, 0) is 21.2 Å². The summed E-state index contributed by atoms with van der Waals surface area (Å²) in [6.07, 6.45) is 1.08. The Hall–Kier alpha value is -4.02. The lowest BCUT2D eigenvalue weighted by atomic mass is 10.0. The molecule has 1 aliphatic rings. The van der Waals surface area contributed by atoms with Gasteiger partial charge in [0.2, 0.25) is 12.9 Å². The molecule has 0 saturated heterocycles. The first-order valence-corrected chi connectivity index (χ1v) is 13.5. The largest absolute Gasteiger partial charge is 0.478 e. The minimum absolute atomic E-state index is 0.0116. The van der Waals surface area contributed by atoms with Gasteiger partial charge in [0.25, 0.3) is 15.9 Å². The molecule has 0 bridgehead atoms. The topological polar surface area (TPSA) is 128 Å². The molecule has 0 fully saturated rings. The smallest absolute Gasteiger partial charge is 0.335 e. The maximum Gasteiger partial charge on any atom is 0.335 e. The van der Waals surface area contributed by atoms with Crippen molar-refractivity contribution in [1.29, 1.82) is 0 Å². The van der Waals surface area contributed by atoms with E-state index in [-0.39, 0.29) is 18.1 Å². The molecule has 198 valence electrons. The van der Waals surface area contributed by atoms with Crippen molar-refractivity contribution in [3.63, 3.8) is 0 Å². The van der Waals surface area contributed by atoms with E-state index in [0.29, 0.717) is 46.1 Å². The van der Waals surface area contributed by atoms with Gasteiger partial charge >= 0.3 is 5.97 Å². The summed E-state index contributed by atoms with van der Waals surface area (Å²) in [5.74, 6) is -0.941. The molecular weight excluding hydrogens is 534 g/mol. The third kappa shape index (κ3) is 6.64. The van der Waals surface area contributed by atoms with Crippen LogP contribution in [0.1, 0.15) is 46.5 Å². The lowest BCUT2D eigenvalue weighted by Gasteiger charge is -2.21. The number of carbonyl (C=O) groups is 2. The number of fused-ring (bicyclic) bond motifs is 1. The zero-order valence-corrected chi connectivity index (χ0v) is 21.8. The summed E-state index contributed by atoms with van der Waals surface area (Å²) >= 11 is 5.86. The first-order valence-electron chi connectivity index (χ1n) is 11.6. The standard InChI is InChI=1S/C27H24ClNO8S/c1-2-3-18-14-20(27(31)32)7-10-22(18)37-25(19-6-11-23-24(15-19)36-16-35-23)26(30)29-38(33,34)13-12-17-4-8-21(28)9-5-17/h4-15,25H,2-3,16H2,1H3,(H,29,30)(H,31,32)/b13-12+. The van der Waals surface area contributed by atoms with Crippen LogP contribution >= 0.6 is 11.6 Å². The molecule has 0 saturated carbocycles. The summed E-state index contributed by atoms with van der Waals surface area (Å²) in [6.45, 7) is 1.93. The number of hydrogen-bond donors (Lipinski definition) is 2. The number of nitrogens with one attached hydrogen (secondary N) is 1. The third-order valence-electron chi connectivity index (χ3n) is 5.56. The molecule has 9 nitrogen and oxygen atoms in total. The van der Waals surface area contributed by atoms with E-state index in [1.54, 1.807) is 36.4 Å². The number of ether oxygens (including phenoxy) is 3. The Labute approximate surface area is 224 Å². The average molecular weight is 558 g/mol. The Morgan fingerprint density at radius 3 is 2.53 bits per heavy atom. The van der Waals surface area contributed by atoms with Gasteiger partial charge in [-0.15, -0.1) is 0 Å². The number of benzene rings is 3. The number of hydrogen-bond acceptors (Lipinski definition) is 7. The fraction of sp³-hybridized carbons (Fsp3) is 0.185. The zero-order chi connectivity index (χ0) is 27.3. The molecule has 1 aliphatic heterocycles. The highest BCUT2D eigenvalue weighted by atomic mass is 35.5. The van der Waals surface area contributed by atoms with E-state index in [1.165, 1.54) is 30.3 Å². The highest BCUT2D eigenvalue weighted by Gasteiger charge is 2.29. The van der Waals surface area contributed by atoms with E-state index in [4.69, 9.17) is 25.8 Å². The van der Waals surface area contributed by atoms with Gasteiger partial charge in [-0.2, -0.15) is 0 Å². The van der Waals surface area contributed by atoms with Gasteiger partial charge in [0.15, 0.2) is 11.5 Å². The predicted octanol–water partition coefficient (Wildman–Crippen LogP) is 4.96. The summed E-state index contributed by atoms with van der Waals surface area (Å²) in [5.41, 5.74) is 1.52. The fourth-order valence-electron chi connectivity index (χ4n) is 3.74. The molecule has 1 amide bonds. The quantitative estimate of drug-likeness (QED) is 0.358. The summed E-state index contributed by atoms with van der Waals surface area (Å²) in [5, 5.41) is 10.7. The molecule has 0 aromatic heterocycles. The molecule has 38 heavy (non-hydrogen) atoms. The molecular formula is C27H24ClNO8S. The number of rotatable bonds is 10. The second-order valence-corrected chi connectivity index (χ2v) is 10.4. The maximum absolute atomic E-state index is 13.3. The third-order valence-corrected chi connectivity index (χ3v) is 6.79. The molecule has 11 heteroatoms. The lowest BCUT2D eigenvalue weighted by Crippen LogP contribution is -2.36. The van der Waals surface area contributed by atoms with Gasteiger partial charge in [-0.05, 0) is 66.1 Å². The van der Waals surface area contributed by atoms with Crippen LogP contribution in [0.25, 0.3) is 6.08 Å². The predicted molar refractivity (Wildman–Crippen MR) is 141 cm³/mol. The molecule has 1 heterocycles. The van der Waals surface area contributed by atoms with Gasteiger partial charge in [-0.1, -0.05) is 43.1 Å². The van der Waals surface area contributed by atoms with Crippen LogP contribution in [0.5, 0.6) is 17.2 Å². The molecule has 3 aromatic rings. The Kier molecular flexibility index (Phi) is 8.23. The van der Waals surface area contributed by atoms with E-state index in [0.717, 1.165) is 5.41 Å². The van der Waals surface area contributed by atoms with Crippen LogP contribution in [0.15, 0.2) is 66.1 Å². The van der Waals surface area contributed by atoms with Crippen molar-refractivity contribution in [1.82, 2.24) is 4.72 Å². The van der Waals surface area contributed by atoms with Gasteiger partial charge in [-0.25, -0.2) is 17.9 Å². The number of sulfonamides is 1. The Morgan fingerprint density at radius 1 is 1.08 bits per heavy atom. The lowest BCUT2D eigenvalue weighted by molar-refractivity contribution is -0.126. The van der Waals surface area contributed by atoms with Crippen molar-refractivity contribution in [2.75, 3.05) is 6.79 Å². The van der Waals surface area contributed by atoms with E-state index in [9.17, 15) is 23.1 Å². The van der Waals surface area contributed by atoms with Gasteiger partial charge in [-0.3, -0.25) is 4.79 Å². The first-order chi connectivity index (χ1) is 18.1. The van der Waals surface area contributed by atoms with Crippen LogP contribution in [0, 0.1) is 0 Å². The molecule has 4 rings (SSSR count). The van der Waals surface area contributed by atoms with Crippen LogP contribution in [-0.4, -0.2) is 32.2 Å². The number of halogens is 1. The zero-order valence-electron chi connectivity index (χ0n) is 20.2. The number of carbonyl (C=O) groups excluding carboxylic acids is 1. The molecule has 3 aromatic carbocycles. The molecule has 0 aliphatic carbocycles. The van der Waals surface area contributed by atoms with Crippen LogP contribution in [0.4, 0.5) is 0 Å². The van der Waals surface area contributed by atoms with Crippen molar-refractivity contribution >= 4 is 39.6 Å². The number of aryl methyl sites for hydroxylation is 1. The Morgan fingerprint density at radius 2 is 1.82 bits per heavy atom. The number of carboxylic acids is 1. The summed E-state index contributed by atoms with van der Waals surface area (Å²) < 4.78 is 44.3. The van der Waals surface area contributed by atoms with E-state index in [2.05, 4.69) is 0 Å². The first kappa shape index (κ1) is 27.0. The van der Waals surface area contributed by atoms with Gasteiger partial charge in [0.05, 0.1) is 11.0 Å². The molecule has 1 atom stereocenters. The minimum atomic E-state index is -4.21. The number of amides is 1. The summed E-state index contributed by atoms with van der Waals surface area (Å²) in [6, 6.07) is 15.5. The minimum Gasteiger partial charge on any atom is -0.478 e. The average Bonchev–Trinajstić information content (AvgIpc) is 3.35. The maximum atomic E-state index is 13.3. The molecule has 0 spiro atoms. The molecule has 2 N–H and O–H groups in total. The second kappa shape index (κ2) is 11.6. The van der Waals surface area contributed by atoms with Gasteiger partial charge in [0, 0.05) is 10.6 Å². The fourth-order valence-corrected chi connectivity index (χ4v) is 4.66. The highest BCUT2D eigenvalue weighted by Crippen LogP contribution is 2.36. The Bertz CT molecular complexity index is 1490. The van der Waals surface area contributed by atoms with Crippen molar-refractivity contribution in [2.24, 2.45) is 0 Å². The van der Waals surface area contributed by atoms with Crippen molar-refractivity contribution < 1.29 is 37.3 Å². The van der Waals surface area contributed by atoms with Crippen LogP contribution in [0.3, 0.4) is 0 Å². The normalized spacial score (nSPS) is 13.3. The van der Waals surface area contributed by atoms with Crippen LogP contribution < -0.4 is 18.9 Å². The van der Waals surface area contributed by atoms with Crippen LogP contribution in [0.2, 0.25) is 5.02 Å². The molecule has 0 radical (unpaired) electrons. The summed E-state index contributed by atoms with van der Waals surface area (Å²) in [4.78, 5) is 24.8. The number of aromatic carboxylic acids is 1. The molecule has 1 unspecified atom stereocenters. The highest BCUT2D eigenvalue weighted by molar-refractivity contribution is 7.93. The number of carboxylic acid groups (broad SMARTS) is 1. The van der Waals surface area contributed by atoms with E-state index < -0.39 is 28.0 Å². The van der Waals surface area contributed by atoms with Crippen molar-refractivity contribution in [2.45, 2.75) is 25.9 Å². The monoisotopic (exact) mass is 557 g/mol.